The smallest absolute Gasteiger partial charge is 0.255 e. The average Bonchev–Trinajstić information content (AvgIpc) is 3.22. The third-order valence-corrected chi connectivity index (χ3v) is 5.06. The van der Waals surface area contributed by atoms with Crippen LogP contribution in [0.5, 0.6) is 0 Å². The number of carbonyl (C=O) groups excluding carboxylic acids is 1. The van der Waals surface area contributed by atoms with Gasteiger partial charge in [-0.1, -0.05) is 36.4 Å². The normalized spacial score (nSPS) is 15.2. The molecule has 2 heterocycles. The Balaban J connectivity index is 1.55. The fraction of sp³-hybridized carbons (Fsp3) is 0.273. The summed E-state index contributed by atoms with van der Waals surface area (Å²) in [5.74, 6) is 0.730. The third-order valence-electron chi connectivity index (χ3n) is 5.06. The van der Waals surface area contributed by atoms with Crippen LogP contribution in [-0.4, -0.2) is 24.0 Å². The summed E-state index contributed by atoms with van der Waals surface area (Å²) < 4.78 is 0. The Morgan fingerprint density at radius 3 is 2.62 bits per heavy atom. The summed E-state index contributed by atoms with van der Waals surface area (Å²) in [5.41, 5.74) is 1.76. The molecule has 1 fully saturated rings. The van der Waals surface area contributed by atoms with Gasteiger partial charge in [-0.2, -0.15) is 0 Å². The molecule has 1 saturated heterocycles. The number of pyridine rings is 1. The van der Waals surface area contributed by atoms with E-state index in [-0.39, 0.29) is 11.9 Å². The number of hydrogen-bond donors (Lipinski definition) is 1. The van der Waals surface area contributed by atoms with E-state index in [0.717, 1.165) is 37.3 Å². The number of fused-ring (bicyclic) bond motifs is 1. The van der Waals surface area contributed by atoms with E-state index in [9.17, 15) is 4.79 Å². The number of nitrogens with zero attached hydrogens (tertiary/aromatic N) is 2. The molecule has 26 heavy (non-hydrogen) atoms. The summed E-state index contributed by atoms with van der Waals surface area (Å²) in [6.07, 6.45) is 4.08. The first-order valence-electron chi connectivity index (χ1n) is 9.22. The molecule has 0 saturated carbocycles. The number of nitrogens with one attached hydrogen (secondary N) is 1. The minimum atomic E-state index is -0.0706. The summed E-state index contributed by atoms with van der Waals surface area (Å²) >= 11 is 0. The molecule has 132 valence electrons. The van der Waals surface area contributed by atoms with Crippen molar-refractivity contribution < 1.29 is 4.79 Å². The second kappa shape index (κ2) is 7.16. The van der Waals surface area contributed by atoms with Gasteiger partial charge in [0.25, 0.3) is 5.91 Å². The van der Waals surface area contributed by atoms with E-state index in [1.807, 2.05) is 31.2 Å². The van der Waals surface area contributed by atoms with Crippen LogP contribution in [0.3, 0.4) is 0 Å². The molecule has 1 aliphatic rings. The lowest BCUT2D eigenvalue weighted by Crippen LogP contribution is -2.30. The first kappa shape index (κ1) is 16.6. The predicted molar refractivity (Wildman–Crippen MR) is 106 cm³/mol. The quantitative estimate of drug-likeness (QED) is 0.766. The molecule has 1 unspecified atom stereocenters. The van der Waals surface area contributed by atoms with Crippen molar-refractivity contribution >= 4 is 22.5 Å². The van der Waals surface area contributed by atoms with Crippen LogP contribution in [0.15, 0.2) is 60.8 Å². The van der Waals surface area contributed by atoms with Crippen LogP contribution in [0, 0.1) is 0 Å². The van der Waals surface area contributed by atoms with Gasteiger partial charge in [0, 0.05) is 19.3 Å². The molecule has 0 spiro atoms. The predicted octanol–water partition coefficient (Wildman–Crippen LogP) is 4.33. The number of anilines is 1. The van der Waals surface area contributed by atoms with Crippen molar-refractivity contribution in [3.05, 3.63) is 71.9 Å². The van der Waals surface area contributed by atoms with Crippen molar-refractivity contribution in [3.8, 4) is 0 Å². The summed E-state index contributed by atoms with van der Waals surface area (Å²) in [6.45, 7) is 3.96. The van der Waals surface area contributed by atoms with Crippen molar-refractivity contribution in [1.82, 2.24) is 10.3 Å². The molecule has 3 aromatic rings. The molecule has 1 N–H and O–H groups in total. The SMILES string of the molecule is CC(NC(=O)c1cccnc1N1CCCC1)c1ccc2ccccc2c1. The van der Waals surface area contributed by atoms with Gasteiger partial charge in [0.05, 0.1) is 11.6 Å². The zero-order valence-corrected chi connectivity index (χ0v) is 15.0. The van der Waals surface area contributed by atoms with Gasteiger partial charge in [-0.3, -0.25) is 4.79 Å². The molecule has 1 atom stereocenters. The van der Waals surface area contributed by atoms with Crippen molar-refractivity contribution in [2.24, 2.45) is 0 Å². The van der Waals surface area contributed by atoms with Crippen LogP contribution in [-0.2, 0) is 0 Å². The minimum Gasteiger partial charge on any atom is -0.356 e. The lowest BCUT2D eigenvalue weighted by molar-refractivity contribution is 0.0940. The van der Waals surface area contributed by atoms with E-state index in [1.54, 1.807) is 6.20 Å². The van der Waals surface area contributed by atoms with Crippen LogP contribution in [0.2, 0.25) is 0 Å². The lowest BCUT2D eigenvalue weighted by atomic mass is 10.0. The topological polar surface area (TPSA) is 45.2 Å². The molecule has 1 aromatic heterocycles. The van der Waals surface area contributed by atoms with Crippen LogP contribution in [0.4, 0.5) is 5.82 Å². The molecular formula is C22H23N3O. The highest BCUT2D eigenvalue weighted by Gasteiger charge is 2.21. The Morgan fingerprint density at radius 1 is 1.04 bits per heavy atom. The maximum absolute atomic E-state index is 12.9. The minimum absolute atomic E-state index is 0.0688. The van der Waals surface area contributed by atoms with E-state index >= 15 is 0 Å². The molecule has 4 nitrogen and oxygen atoms in total. The second-order valence-electron chi connectivity index (χ2n) is 6.87. The lowest BCUT2D eigenvalue weighted by Gasteiger charge is -2.21. The van der Waals surface area contributed by atoms with Gasteiger partial charge in [-0.15, -0.1) is 0 Å². The Labute approximate surface area is 153 Å². The zero-order chi connectivity index (χ0) is 17.9. The van der Waals surface area contributed by atoms with Crippen molar-refractivity contribution in [2.45, 2.75) is 25.8 Å². The molecule has 0 radical (unpaired) electrons. The summed E-state index contributed by atoms with van der Waals surface area (Å²) in [7, 11) is 0. The van der Waals surface area contributed by atoms with Crippen LogP contribution >= 0.6 is 0 Å². The molecule has 0 bridgehead atoms. The zero-order valence-electron chi connectivity index (χ0n) is 15.0. The number of rotatable bonds is 4. The first-order chi connectivity index (χ1) is 12.7. The Hall–Kier alpha value is -2.88. The number of amides is 1. The molecule has 4 heteroatoms. The number of aromatic nitrogens is 1. The van der Waals surface area contributed by atoms with E-state index in [4.69, 9.17) is 0 Å². The number of hydrogen-bond acceptors (Lipinski definition) is 3. The second-order valence-corrected chi connectivity index (χ2v) is 6.87. The largest absolute Gasteiger partial charge is 0.356 e. The van der Waals surface area contributed by atoms with E-state index < -0.39 is 0 Å². The Bertz CT molecular complexity index is 931. The van der Waals surface area contributed by atoms with Gasteiger partial charge in [0.15, 0.2) is 0 Å². The van der Waals surface area contributed by atoms with Gasteiger partial charge >= 0.3 is 0 Å². The van der Waals surface area contributed by atoms with Crippen molar-refractivity contribution in [2.75, 3.05) is 18.0 Å². The van der Waals surface area contributed by atoms with Crippen LogP contribution < -0.4 is 10.2 Å². The van der Waals surface area contributed by atoms with Crippen molar-refractivity contribution in [3.63, 3.8) is 0 Å². The van der Waals surface area contributed by atoms with Crippen molar-refractivity contribution in [1.29, 1.82) is 0 Å². The van der Waals surface area contributed by atoms with E-state index in [2.05, 4.69) is 45.5 Å². The first-order valence-corrected chi connectivity index (χ1v) is 9.22. The van der Waals surface area contributed by atoms with Gasteiger partial charge in [-0.05, 0) is 54.3 Å². The van der Waals surface area contributed by atoms with E-state index in [1.165, 1.54) is 10.8 Å². The van der Waals surface area contributed by atoms with Gasteiger partial charge in [-0.25, -0.2) is 4.98 Å². The summed E-state index contributed by atoms with van der Waals surface area (Å²) in [6, 6.07) is 18.2. The van der Waals surface area contributed by atoms with E-state index in [0.29, 0.717) is 5.56 Å². The van der Waals surface area contributed by atoms with Gasteiger partial charge in [0.2, 0.25) is 0 Å². The summed E-state index contributed by atoms with van der Waals surface area (Å²) in [4.78, 5) is 19.6. The monoisotopic (exact) mass is 345 g/mol. The molecule has 2 aromatic carbocycles. The Morgan fingerprint density at radius 2 is 1.81 bits per heavy atom. The standard InChI is InChI=1S/C22H23N3O/c1-16(18-11-10-17-7-2-3-8-19(17)15-18)24-22(26)20-9-6-12-23-21(20)25-13-4-5-14-25/h2-3,6-12,15-16H,4-5,13-14H2,1H3,(H,24,26). The van der Waals surface area contributed by atoms with Gasteiger partial charge in [0.1, 0.15) is 5.82 Å². The molecule has 1 aliphatic heterocycles. The molecule has 1 amide bonds. The molecule has 4 rings (SSSR count). The average molecular weight is 345 g/mol. The highest BCUT2D eigenvalue weighted by molar-refractivity contribution is 5.99. The number of benzene rings is 2. The fourth-order valence-electron chi connectivity index (χ4n) is 3.59. The van der Waals surface area contributed by atoms with Crippen LogP contribution in [0.1, 0.15) is 41.7 Å². The maximum atomic E-state index is 12.9. The third kappa shape index (κ3) is 3.27. The maximum Gasteiger partial charge on any atom is 0.255 e. The Kier molecular flexibility index (Phi) is 4.57. The highest BCUT2D eigenvalue weighted by atomic mass is 16.1. The van der Waals surface area contributed by atoms with Gasteiger partial charge < -0.3 is 10.2 Å². The fourth-order valence-corrected chi connectivity index (χ4v) is 3.59. The molecule has 0 aliphatic carbocycles. The highest BCUT2D eigenvalue weighted by Crippen LogP contribution is 2.24. The number of carbonyl (C=O) groups is 1. The summed E-state index contributed by atoms with van der Waals surface area (Å²) in [5, 5.41) is 5.53. The molecular weight excluding hydrogens is 322 g/mol. The van der Waals surface area contributed by atoms with Crippen LogP contribution in [0.25, 0.3) is 10.8 Å².